The van der Waals surface area contributed by atoms with Crippen molar-refractivity contribution in [3.05, 3.63) is 0 Å². The zero-order valence-corrected chi connectivity index (χ0v) is 18.6. The fourth-order valence-electron chi connectivity index (χ4n) is 5.98. The Hall–Kier alpha value is -1.76. The number of amides is 3. The van der Waals surface area contributed by atoms with Crippen molar-refractivity contribution in [2.45, 2.75) is 120 Å². The molecular weight excluding hydrogens is 394 g/mol. The lowest BCUT2D eigenvalue weighted by Crippen LogP contribution is -2.68. The number of Topliss-reactive ketones (excluding diaryl/α,β-unsaturated/α-hetero) is 1. The molecule has 4 aliphatic rings. The van der Waals surface area contributed by atoms with Gasteiger partial charge in [-0.3, -0.25) is 24.1 Å². The molecule has 3 saturated carbocycles. The fourth-order valence-corrected chi connectivity index (χ4v) is 5.98. The number of hydrogen-bond donors (Lipinski definition) is 2. The summed E-state index contributed by atoms with van der Waals surface area (Å²) in [6.45, 7) is 0. The van der Waals surface area contributed by atoms with Gasteiger partial charge in [0.25, 0.3) is 5.91 Å². The molecule has 3 amide bonds. The van der Waals surface area contributed by atoms with E-state index in [0.717, 1.165) is 89.9 Å². The maximum absolute atomic E-state index is 13.6. The van der Waals surface area contributed by atoms with Crippen molar-refractivity contribution in [1.29, 1.82) is 0 Å². The number of carbonyl (C=O) groups is 4. The van der Waals surface area contributed by atoms with E-state index in [9.17, 15) is 19.2 Å². The lowest BCUT2D eigenvalue weighted by molar-refractivity contribution is -0.166. The highest BCUT2D eigenvalue weighted by Crippen LogP contribution is 2.30. The standard InChI is InChI=1S/C24H37N3O4/c28-21-19(22(29)26-17-12-6-2-7-13-17)20(25-16-10-4-1-5-11-16)23(30)27(24(21)31)18-14-8-3-9-15-18/h16-20,25H,1-15H2,(H,26,29). The summed E-state index contributed by atoms with van der Waals surface area (Å²) in [7, 11) is 0. The smallest absolute Gasteiger partial charge is 0.297 e. The molecule has 2 unspecified atom stereocenters. The van der Waals surface area contributed by atoms with Crippen LogP contribution in [0.4, 0.5) is 0 Å². The molecular formula is C24H37N3O4. The first-order valence-corrected chi connectivity index (χ1v) is 12.5. The van der Waals surface area contributed by atoms with Crippen LogP contribution in [0.25, 0.3) is 0 Å². The molecule has 3 aliphatic carbocycles. The largest absolute Gasteiger partial charge is 0.353 e. The molecule has 2 atom stereocenters. The number of ketones is 1. The molecule has 31 heavy (non-hydrogen) atoms. The third-order valence-electron chi connectivity index (χ3n) is 7.74. The maximum atomic E-state index is 13.6. The first-order chi connectivity index (χ1) is 15.1. The summed E-state index contributed by atoms with van der Waals surface area (Å²) < 4.78 is 0. The molecule has 172 valence electrons. The van der Waals surface area contributed by atoms with Crippen molar-refractivity contribution in [3.63, 3.8) is 0 Å². The SMILES string of the molecule is O=C(NC1CCCCC1)C1C(=O)C(=O)N(C2CCCCC2)C(=O)C1NC1CCCCC1. The molecule has 7 nitrogen and oxygen atoms in total. The Morgan fingerprint density at radius 1 is 0.710 bits per heavy atom. The fraction of sp³-hybridized carbons (Fsp3) is 0.833. The van der Waals surface area contributed by atoms with Gasteiger partial charge in [-0.05, 0) is 38.5 Å². The molecule has 1 saturated heterocycles. The number of nitrogens with zero attached hydrogens (tertiary/aromatic N) is 1. The molecule has 2 N–H and O–H groups in total. The minimum absolute atomic E-state index is 0.0333. The van der Waals surface area contributed by atoms with E-state index in [1.807, 2.05) is 0 Å². The van der Waals surface area contributed by atoms with E-state index in [0.29, 0.717) is 0 Å². The van der Waals surface area contributed by atoms with Gasteiger partial charge < -0.3 is 10.6 Å². The van der Waals surface area contributed by atoms with Gasteiger partial charge in [0.2, 0.25) is 17.6 Å². The number of nitrogens with one attached hydrogen (secondary N) is 2. The zero-order chi connectivity index (χ0) is 21.8. The van der Waals surface area contributed by atoms with Crippen LogP contribution in [0.5, 0.6) is 0 Å². The van der Waals surface area contributed by atoms with E-state index in [-0.39, 0.29) is 24.0 Å². The van der Waals surface area contributed by atoms with Crippen LogP contribution < -0.4 is 10.6 Å². The number of rotatable bonds is 5. The topological polar surface area (TPSA) is 95.6 Å². The Kier molecular flexibility index (Phi) is 7.41. The Balaban J connectivity index is 1.56. The summed E-state index contributed by atoms with van der Waals surface area (Å²) in [5, 5.41) is 6.37. The third kappa shape index (κ3) is 5.02. The highest BCUT2D eigenvalue weighted by Gasteiger charge is 2.53. The van der Waals surface area contributed by atoms with Crippen LogP contribution in [0.2, 0.25) is 0 Å². The van der Waals surface area contributed by atoms with Crippen LogP contribution in [-0.4, -0.2) is 52.6 Å². The number of carbonyl (C=O) groups excluding carboxylic acids is 4. The Morgan fingerprint density at radius 2 is 1.23 bits per heavy atom. The van der Waals surface area contributed by atoms with Gasteiger partial charge in [0.1, 0.15) is 12.0 Å². The normalized spacial score (nSPS) is 29.9. The second-order valence-electron chi connectivity index (χ2n) is 9.97. The average molecular weight is 432 g/mol. The van der Waals surface area contributed by atoms with Crippen molar-refractivity contribution in [2.75, 3.05) is 0 Å². The summed E-state index contributed by atoms with van der Waals surface area (Å²) in [5.74, 6) is -3.56. The maximum Gasteiger partial charge on any atom is 0.297 e. The molecule has 0 radical (unpaired) electrons. The lowest BCUT2D eigenvalue weighted by Gasteiger charge is -2.42. The molecule has 0 bridgehead atoms. The summed E-state index contributed by atoms with van der Waals surface area (Å²) in [6.07, 6.45) is 14.8. The highest BCUT2D eigenvalue weighted by molar-refractivity contribution is 6.45. The second-order valence-corrected chi connectivity index (χ2v) is 9.97. The van der Waals surface area contributed by atoms with Gasteiger partial charge in [-0.25, -0.2) is 0 Å². The summed E-state index contributed by atoms with van der Waals surface area (Å²) in [4.78, 5) is 54.2. The van der Waals surface area contributed by atoms with Gasteiger partial charge in [-0.1, -0.05) is 57.8 Å². The van der Waals surface area contributed by atoms with E-state index in [4.69, 9.17) is 0 Å². The molecule has 1 aliphatic heterocycles. The molecule has 0 aromatic heterocycles. The van der Waals surface area contributed by atoms with Crippen LogP contribution in [0.15, 0.2) is 0 Å². The zero-order valence-electron chi connectivity index (χ0n) is 18.6. The van der Waals surface area contributed by atoms with E-state index in [1.165, 1.54) is 11.3 Å². The third-order valence-corrected chi connectivity index (χ3v) is 7.74. The molecule has 7 heteroatoms. The van der Waals surface area contributed by atoms with Gasteiger partial charge in [0, 0.05) is 18.1 Å². The lowest BCUT2D eigenvalue weighted by atomic mass is 9.83. The van der Waals surface area contributed by atoms with Crippen LogP contribution in [0.3, 0.4) is 0 Å². The average Bonchev–Trinajstić information content (AvgIpc) is 2.80. The minimum Gasteiger partial charge on any atom is -0.353 e. The van der Waals surface area contributed by atoms with Crippen molar-refractivity contribution in [2.24, 2.45) is 5.92 Å². The Morgan fingerprint density at radius 3 is 1.81 bits per heavy atom. The monoisotopic (exact) mass is 431 g/mol. The second kappa shape index (κ2) is 10.2. The highest BCUT2D eigenvalue weighted by atomic mass is 16.2. The van der Waals surface area contributed by atoms with Gasteiger partial charge in [0.15, 0.2) is 0 Å². The van der Waals surface area contributed by atoms with E-state index in [2.05, 4.69) is 10.6 Å². The molecule has 0 aromatic rings. The predicted octanol–water partition coefficient (Wildman–Crippen LogP) is 2.61. The number of piperidine rings is 1. The van der Waals surface area contributed by atoms with Crippen molar-refractivity contribution >= 4 is 23.5 Å². The summed E-state index contributed by atoms with van der Waals surface area (Å²) in [6, 6.07) is -0.998. The van der Waals surface area contributed by atoms with Gasteiger partial charge in [0.05, 0.1) is 0 Å². The molecule has 4 rings (SSSR count). The molecule has 1 heterocycles. The predicted molar refractivity (Wildman–Crippen MR) is 116 cm³/mol. The van der Waals surface area contributed by atoms with E-state index < -0.39 is 29.6 Å². The van der Waals surface area contributed by atoms with Crippen LogP contribution in [-0.2, 0) is 19.2 Å². The van der Waals surface area contributed by atoms with Crippen LogP contribution in [0, 0.1) is 5.92 Å². The first kappa shape index (κ1) is 22.4. The van der Waals surface area contributed by atoms with Crippen LogP contribution in [0.1, 0.15) is 96.3 Å². The Bertz CT molecular complexity index is 691. The number of hydrogen-bond acceptors (Lipinski definition) is 5. The molecule has 0 aromatic carbocycles. The first-order valence-electron chi connectivity index (χ1n) is 12.5. The van der Waals surface area contributed by atoms with Crippen molar-refractivity contribution in [1.82, 2.24) is 15.5 Å². The van der Waals surface area contributed by atoms with Gasteiger partial charge >= 0.3 is 0 Å². The minimum atomic E-state index is -1.25. The molecule has 0 spiro atoms. The number of likely N-dealkylation sites (tertiary alicyclic amines) is 1. The summed E-state index contributed by atoms with van der Waals surface area (Å²) >= 11 is 0. The summed E-state index contributed by atoms with van der Waals surface area (Å²) in [5.41, 5.74) is 0. The van der Waals surface area contributed by atoms with Gasteiger partial charge in [-0.15, -0.1) is 0 Å². The van der Waals surface area contributed by atoms with Crippen molar-refractivity contribution < 1.29 is 19.2 Å². The number of imide groups is 1. The van der Waals surface area contributed by atoms with Gasteiger partial charge in [-0.2, -0.15) is 0 Å². The molecule has 4 fully saturated rings. The van der Waals surface area contributed by atoms with E-state index in [1.54, 1.807) is 0 Å². The van der Waals surface area contributed by atoms with Crippen molar-refractivity contribution in [3.8, 4) is 0 Å². The van der Waals surface area contributed by atoms with Crippen LogP contribution >= 0.6 is 0 Å². The Labute approximate surface area is 185 Å². The van der Waals surface area contributed by atoms with E-state index >= 15 is 0 Å². The quantitative estimate of drug-likeness (QED) is 0.396.